The highest BCUT2D eigenvalue weighted by atomic mass is 31.1. The number of halogens is 2. The van der Waals surface area contributed by atoms with Gasteiger partial charge in [0.05, 0.1) is 19.7 Å². The van der Waals surface area contributed by atoms with Gasteiger partial charge in [-0.25, -0.2) is 18.3 Å². The molecule has 5 rings (SSSR count). The van der Waals surface area contributed by atoms with Crippen LogP contribution in [0.15, 0.2) is 36.7 Å². The van der Waals surface area contributed by atoms with E-state index < -0.39 is 42.5 Å². The maximum Gasteiger partial charge on any atom is 0.395 e. The van der Waals surface area contributed by atoms with E-state index in [1.165, 1.54) is 6.33 Å². The van der Waals surface area contributed by atoms with Crippen molar-refractivity contribution in [3.05, 3.63) is 36.7 Å². The number of anilines is 1. The van der Waals surface area contributed by atoms with Crippen LogP contribution in [0.5, 0.6) is 11.6 Å². The third-order valence-electron chi connectivity index (χ3n) is 7.54. The Balaban J connectivity index is 0.000000459. The minimum Gasteiger partial charge on any atom is -0.476 e. The third kappa shape index (κ3) is 8.42. The van der Waals surface area contributed by atoms with Crippen LogP contribution in [-0.4, -0.2) is 80.3 Å². The molecule has 14 nitrogen and oxygen atoms in total. The van der Waals surface area contributed by atoms with Crippen LogP contribution in [0.25, 0.3) is 11.2 Å². The van der Waals surface area contributed by atoms with Crippen LogP contribution >= 0.6 is 8.69 Å². The molecule has 1 aliphatic heterocycles. The highest BCUT2D eigenvalue weighted by Gasteiger charge is 2.64. The molecule has 1 saturated heterocycles. The van der Waals surface area contributed by atoms with Crippen molar-refractivity contribution in [2.75, 3.05) is 25.7 Å². The number of alkyl halides is 2. The Morgan fingerprint density at radius 1 is 1.24 bits per heavy atom. The smallest absolute Gasteiger partial charge is 0.395 e. The van der Waals surface area contributed by atoms with E-state index in [0.29, 0.717) is 5.75 Å². The second-order valence-corrected chi connectivity index (χ2v) is 11.4. The zero-order chi connectivity index (χ0) is 33.3. The molecule has 46 heavy (non-hydrogen) atoms. The summed E-state index contributed by atoms with van der Waals surface area (Å²) in [6.45, 7) is 3.55. The van der Waals surface area contributed by atoms with E-state index >= 15 is 8.78 Å². The molecule has 252 valence electrons. The summed E-state index contributed by atoms with van der Waals surface area (Å²) < 4.78 is 68.5. The number of rotatable bonds is 12. The number of aromatic nitrogens is 4. The summed E-state index contributed by atoms with van der Waals surface area (Å²) >= 11 is 0. The Kier molecular flexibility index (Phi) is 12.1. The maximum atomic E-state index is 15.7. The number of carbonyl (C=O) groups is 1. The number of hydrogen-bond acceptors (Lipinski definition) is 13. The predicted molar refractivity (Wildman–Crippen MR) is 161 cm³/mol. The first kappa shape index (κ1) is 35.3. The quantitative estimate of drug-likeness (QED) is 0.108. The molecule has 2 aliphatic rings. The van der Waals surface area contributed by atoms with Crippen molar-refractivity contribution >= 4 is 31.8 Å². The van der Waals surface area contributed by atoms with Gasteiger partial charge in [-0.2, -0.15) is 9.97 Å². The summed E-state index contributed by atoms with van der Waals surface area (Å²) in [5.74, 6) is -2.79. The Morgan fingerprint density at radius 2 is 1.96 bits per heavy atom. The Hall–Kier alpha value is -3.56. The molecular formula is C29H39F2N6O8P. The molecule has 0 spiro atoms. The summed E-state index contributed by atoms with van der Waals surface area (Å²) in [6.07, 6.45) is 2.12. The first-order valence-electron chi connectivity index (χ1n) is 14.9. The number of nitrogen functional groups attached to an aromatic ring is 1. The van der Waals surface area contributed by atoms with E-state index in [-0.39, 0.29) is 51.1 Å². The first-order valence-corrected chi connectivity index (χ1v) is 15.7. The molecule has 2 fully saturated rings. The number of nitrogens with two attached hydrogens (primary N) is 1. The number of fused-ring (bicyclic) bond motifs is 1. The van der Waals surface area contributed by atoms with Crippen molar-refractivity contribution < 1.29 is 46.7 Å². The average molecular weight is 669 g/mol. The number of carbonyl (C=O) groups excluding carboxylic acids is 1. The van der Waals surface area contributed by atoms with Gasteiger partial charge < -0.3 is 34.3 Å². The van der Waals surface area contributed by atoms with Gasteiger partial charge in [0.15, 0.2) is 29.2 Å². The van der Waals surface area contributed by atoms with Crippen LogP contribution < -0.4 is 20.3 Å². The van der Waals surface area contributed by atoms with Gasteiger partial charge in [-0.15, -0.1) is 0 Å². The zero-order valence-corrected chi connectivity index (χ0v) is 26.7. The number of nitrogens with zero attached hydrogens (tertiary/aromatic N) is 4. The monoisotopic (exact) mass is 668 g/mol. The summed E-state index contributed by atoms with van der Waals surface area (Å²) in [5, 5.41) is 13.3. The Bertz CT molecular complexity index is 1450. The second-order valence-electron chi connectivity index (χ2n) is 11.0. The van der Waals surface area contributed by atoms with E-state index in [2.05, 4.69) is 24.8 Å². The van der Waals surface area contributed by atoms with E-state index in [0.717, 1.165) is 43.6 Å². The van der Waals surface area contributed by atoms with Gasteiger partial charge in [0.2, 0.25) is 11.8 Å². The molecule has 3 aromatic rings. The lowest BCUT2D eigenvalue weighted by Gasteiger charge is -2.26. The minimum absolute atomic E-state index is 0.0502. The molecular weight excluding hydrogens is 629 g/mol. The standard InChI is InChI=1S/C23H34F2N6O6.C6H5O2P/c1-4-35-17-15-16(29-21(26)30-17)31(11-27-15)20-22(3,24)19(33)23(25,37-20)10-34-12-28-13(2)18(32)36-14-8-6-5-7-9-14;7-9-8-6-4-2-1-3-5-6/h11,13-14,19-20,28,33H,4-10,12H2,1-3H3,(H2,26,29,30);1-5H/t13?,19-,20+,22+,23+;/m0./s1. The largest absolute Gasteiger partial charge is 0.476 e. The number of ether oxygens (including phenoxy) is 4. The van der Waals surface area contributed by atoms with Gasteiger partial charge in [0.25, 0.3) is 5.85 Å². The Labute approximate surface area is 266 Å². The third-order valence-corrected chi connectivity index (χ3v) is 7.82. The van der Waals surface area contributed by atoms with Gasteiger partial charge in [-0.05, 0) is 58.6 Å². The molecule has 1 unspecified atom stereocenters. The predicted octanol–water partition coefficient (Wildman–Crippen LogP) is 4.19. The summed E-state index contributed by atoms with van der Waals surface area (Å²) in [6, 6.07) is 8.29. The van der Waals surface area contributed by atoms with Crippen molar-refractivity contribution in [1.29, 1.82) is 0 Å². The van der Waals surface area contributed by atoms with E-state index in [9.17, 15) is 14.5 Å². The lowest BCUT2D eigenvalue weighted by molar-refractivity contribution is -0.216. The van der Waals surface area contributed by atoms with Crippen LogP contribution in [0.3, 0.4) is 0 Å². The Morgan fingerprint density at radius 3 is 2.63 bits per heavy atom. The SMILES string of the molecule is CCOc1nc(N)nc2c1ncn2[C@@H]1O[C@](F)(COCNC(C)C(=O)OC2CCCCC2)[C@@H](O)[C@@]1(C)F.O=POc1ccccc1. The van der Waals surface area contributed by atoms with Crippen LogP contribution in [0, 0.1) is 0 Å². The molecule has 0 bridgehead atoms. The highest BCUT2D eigenvalue weighted by molar-refractivity contribution is 7.17. The molecule has 1 aromatic carbocycles. The van der Waals surface area contributed by atoms with Crippen LogP contribution in [0.1, 0.15) is 59.1 Å². The molecule has 3 heterocycles. The molecule has 4 N–H and O–H groups in total. The minimum atomic E-state index is -2.90. The topological polar surface area (TPSA) is 182 Å². The summed E-state index contributed by atoms with van der Waals surface area (Å²) in [4.78, 5) is 24.4. The van der Waals surface area contributed by atoms with Gasteiger partial charge in [0.1, 0.15) is 24.5 Å². The van der Waals surface area contributed by atoms with Crippen molar-refractivity contribution in [2.24, 2.45) is 0 Å². The number of benzene rings is 1. The lowest BCUT2D eigenvalue weighted by Crippen LogP contribution is -2.47. The lowest BCUT2D eigenvalue weighted by atomic mass is 9.97. The highest BCUT2D eigenvalue weighted by Crippen LogP contribution is 2.48. The van der Waals surface area contributed by atoms with Crippen LogP contribution in [0.2, 0.25) is 0 Å². The number of imidazole rings is 1. The number of nitrogens with one attached hydrogen (secondary N) is 1. The van der Waals surface area contributed by atoms with Gasteiger partial charge in [-0.1, -0.05) is 24.6 Å². The molecule has 0 amide bonds. The number of aliphatic hydroxyl groups excluding tert-OH is 1. The normalized spacial score (nSPS) is 25.5. The van der Waals surface area contributed by atoms with E-state index in [4.69, 9.17) is 24.7 Å². The van der Waals surface area contributed by atoms with Crippen molar-refractivity contribution in [3.63, 3.8) is 0 Å². The zero-order valence-electron chi connectivity index (χ0n) is 25.8. The summed E-state index contributed by atoms with van der Waals surface area (Å²) in [7, 11) is -0.305. The van der Waals surface area contributed by atoms with Crippen molar-refractivity contribution in [3.8, 4) is 11.6 Å². The van der Waals surface area contributed by atoms with Crippen molar-refractivity contribution in [2.45, 2.75) is 88.9 Å². The fourth-order valence-corrected chi connectivity index (χ4v) is 5.32. The second kappa shape index (κ2) is 15.8. The molecule has 17 heteroatoms. The molecule has 1 saturated carbocycles. The van der Waals surface area contributed by atoms with Gasteiger partial charge in [-0.3, -0.25) is 14.7 Å². The van der Waals surface area contributed by atoms with E-state index in [1.54, 1.807) is 26.0 Å². The average Bonchev–Trinajstić information content (AvgIpc) is 3.53. The maximum absolute atomic E-state index is 15.7. The summed E-state index contributed by atoms with van der Waals surface area (Å²) in [5.41, 5.74) is 3.38. The fourth-order valence-electron chi connectivity index (χ4n) is 5.11. The number of aliphatic hydroxyl groups is 1. The van der Waals surface area contributed by atoms with Crippen LogP contribution in [0.4, 0.5) is 14.7 Å². The molecule has 0 radical (unpaired) electrons. The van der Waals surface area contributed by atoms with Crippen LogP contribution in [-0.2, 0) is 23.6 Å². The van der Waals surface area contributed by atoms with Gasteiger partial charge >= 0.3 is 14.7 Å². The number of esters is 1. The fraction of sp³-hybridized carbons (Fsp3) is 0.586. The van der Waals surface area contributed by atoms with E-state index in [1.807, 2.05) is 18.2 Å². The van der Waals surface area contributed by atoms with Crippen molar-refractivity contribution in [1.82, 2.24) is 24.8 Å². The first-order chi connectivity index (χ1) is 22.0. The molecule has 1 aliphatic carbocycles. The van der Waals surface area contributed by atoms with Gasteiger partial charge in [0, 0.05) is 0 Å². The number of para-hydroxylation sites is 1. The molecule has 2 aromatic heterocycles. The number of hydrogen-bond donors (Lipinski definition) is 3. The molecule has 5 atom stereocenters.